The molecule has 0 saturated carbocycles. The van der Waals surface area contributed by atoms with E-state index in [1.54, 1.807) is 13.4 Å². The second-order valence-electron chi connectivity index (χ2n) is 5.52. The number of aromatic nitrogens is 2. The summed E-state index contributed by atoms with van der Waals surface area (Å²) < 4.78 is 5.24. The minimum atomic E-state index is 0.808. The van der Waals surface area contributed by atoms with Crippen molar-refractivity contribution in [2.75, 3.05) is 30.4 Å². The summed E-state index contributed by atoms with van der Waals surface area (Å²) in [6.45, 7) is 2.16. The fraction of sp³-hybridized carbons (Fsp3) is 0.412. The first-order valence-corrected chi connectivity index (χ1v) is 7.83. The molecule has 5 nitrogen and oxygen atoms in total. The predicted octanol–water partition coefficient (Wildman–Crippen LogP) is 3.61. The molecule has 1 N–H and O–H groups in total. The molecule has 1 aliphatic rings. The summed E-state index contributed by atoms with van der Waals surface area (Å²) in [6.07, 6.45) is 6.74. The van der Waals surface area contributed by atoms with E-state index >= 15 is 0 Å². The van der Waals surface area contributed by atoms with Crippen molar-refractivity contribution in [2.24, 2.45) is 0 Å². The van der Waals surface area contributed by atoms with Gasteiger partial charge in [-0.15, -0.1) is 0 Å². The molecule has 0 aliphatic carbocycles. The van der Waals surface area contributed by atoms with Gasteiger partial charge in [0.25, 0.3) is 0 Å². The van der Waals surface area contributed by atoms with Crippen molar-refractivity contribution in [2.45, 2.75) is 25.7 Å². The molecule has 22 heavy (non-hydrogen) atoms. The molecule has 0 bridgehead atoms. The minimum absolute atomic E-state index is 0.808. The number of hydrogen-bond donors (Lipinski definition) is 1. The van der Waals surface area contributed by atoms with E-state index in [4.69, 9.17) is 4.74 Å². The highest BCUT2D eigenvalue weighted by Gasteiger charge is 2.11. The Morgan fingerprint density at radius 2 is 1.86 bits per heavy atom. The standard InChI is InChI=1S/C17H22N4O/c1-22-15-8-6-7-14(11-15)20-16-12-17(19-13-18-16)21-9-4-2-3-5-10-21/h6-8,11-13H,2-5,9-10H2,1H3,(H,18,19,20). The van der Waals surface area contributed by atoms with Crippen LogP contribution >= 0.6 is 0 Å². The van der Waals surface area contributed by atoms with Crippen LogP contribution in [0.1, 0.15) is 25.7 Å². The van der Waals surface area contributed by atoms with Crippen molar-refractivity contribution < 1.29 is 4.74 Å². The fourth-order valence-electron chi connectivity index (χ4n) is 2.74. The summed E-state index contributed by atoms with van der Waals surface area (Å²) in [6, 6.07) is 9.85. The van der Waals surface area contributed by atoms with Crippen LogP contribution in [0.5, 0.6) is 5.75 Å². The van der Waals surface area contributed by atoms with Crippen LogP contribution in [-0.4, -0.2) is 30.2 Å². The van der Waals surface area contributed by atoms with Gasteiger partial charge in [-0.1, -0.05) is 18.9 Å². The molecular weight excluding hydrogens is 276 g/mol. The molecule has 1 aromatic heterocycles. The van der Waals surface area contributed by atoms with Crippen LogP contribution in [0, 0.1) is 0 Å². The van der Waals surface area contributed by atoms with Gasteiger partial charge in [-0.25, -0.2) is 9.97 Å². The van der Waals surface area contributed by atoms with E-state index in [1.165, 1.54) is 25.7 Å². The van der Waals surface area contributed by atoms with Gasteiger partial charge in [0.05, 0.1) is 7.11 Å². The molecule has 0 radical (unpaired) electrons. The Hall–Kier alpha value is -2.30. The highest BCUT2D eigenvalue weighted by molar-refractivity contribution is 5.60. The number of anilines is 3. The van der Waals surface area contributed by atoms with E-state index in [-0.39, 0.29) is 0 Å². The molecule has 0 atom stereocenters. The monoisotopic (exact) mass is 298 g/mol. The molecule has 2 heterocycles. The third-order valence-electron chi connectivity index (χ3n) is 3.92. The maximum atomic E-state index is 5.24. The average Bonchev–Trinajstić information content (AvgIpc) is 2.84. The summed E-state index contributed by atoms with van der Waals surface area (Å²) in [5, 5.41) is 3.32. The van der Waals surface area contributed by atoms with E-state index in [1.807, 2.05) is 30.3 Å². The van der Waals surface area contributed by atoms with Gasteiger partial charge in [0.2, 0.25) is 0 Å². The summed E-state index contributed by atoms with van der Waals surface area (Å²) in [4.78, 5) is 11.1. The summed E-state index contributed by atoms with van der Waals surface area (Å²) in [5.41, 5.74) is 0.958. The van der Waals surface area contributed by atoms with Crippen LogP contribution in [0.25, 0.3) is 0 Å². The zero-order chi connectivity index (χ0) is 15.2. The zero-order valence-electron chi connectivity index (χ0n) is 13.0. The van der Waals surface area contributed by atoms with Crippen molar-refractivity contribution in [1.82, 2.24) is 9.97 Å². The molecule has 1 aromatic carbocycles. The maximum absolute atomic E-state index is 5.24. The van der Waals surface area contributed by atoms with E-state index in [2.05, 4.69) is 20.2 Å². The lowest BCUT2D eigenvalue weighted by Crippen LogP contribution is -2.25. The lowest BCUT2D eigenvalue weighted by Gasteiger charge is -2.21. The number of rotatable bonds is 4. The third kappa shape index (κ3) is 3.67. The Balaban J connectivity index is 1.75. The van der Waals surface area contributed by atoms with Crippen molar-refractivity contribution in [3.05, 3.63) is 36.7 Å². The smallest absolute Gasteiger partial charge is 0.135 e. The number of hydrogen-bond acceptors (Lipinski definition) is 5. The van der Waals surface area contributed by atoms with Crippen LogP contribution in [-0.2, 0) is 0 Å². The van der Waals surface area contributed by atoms with Gasteiger partial charge in [0, 0.05) is 30.9 Å². The Kier molecular flexibility index (Phi) is 4.73. The van der Waals surface area contributed by atoms with E-state index in [0.717, 1.165) is 36.2 Å². The molecule has 5 heteroatoms. The zero-order valence-corrected chi connectivity index (χ0v) is 13.0. The minimum Gasteiger partial charge on any atom is -0.497 e. The van der Waals surface area contributed by atoms with Gasteiger partial charge in [-0.05, 0) is 25.0 Å². The number of benzene rings is 1. The fourth-order valence-corrected chi connectivity index (χ4v) is 2.74. The first-order chi connectivity index (χ1) is 10.8. The van der Waals surface area contributed by atoms with Crippen LogP contribution in [0.15, 0.2) is 36.7 Å². The van der Waals surface area contributed by atoms with Crippen LogP contribution in [0.3, 0.4) is 0 Å². The van der Waals surface area contributed by atoms with Crippen molar-refractivity contribution in [1.29, 1.82) is 0 Å². The molecule has 116 valence electrons. The molecule has 0 unspecified atom stereocenters. The molecule has 2 aromatic rings. The van der Waals surface area contributed by atoms with Gasteiger partial charge < -0.3 is 15.0 Å². The lowest BCUT2D eigenvalue weighted by molar-refractivity contribution is 0.415. The van der Waals surface area contributed by atoms with Gasteiger partial charge in [0.15, 0.2) is 0 Å². The SMILES string of the molecule is COc1cccc(Nc2cc(N3CCCCCC3)ncn2)c1. The quantitative estimate of drug-likeness (QED) is 0.934. The van der Waals surface area contributed by atoms with Gasteiger partial charge in [-0.3, -0.25) is 0 Å². The van der Waals surface area contributed by atoms with E-state index in [0.29, 0.717) is 0 Å². The Morgan fingerprint density at radius 3 is 2.64 bits per heavy atom. The normalized spacial score (nSPS) is 15.2. The van der Waals surface area contributed by atoms with Gasteiger partial charge >= 0.3 is 0 Å². The number of ether oxygens (including phenoxy) is 1. The molecule has 1 aliphatic heterocycles. The van der Waals surface area contributed by atoms with E-state index in [9.17, 15) is 0 Å². The Bertz CT molecular complexity index is 609. The van der Waals surface area contributed by atoms with Crippen molar-refractivity contribution in [3.8, 4) is 5.75 Å². The third-order valence-corrected chi connectivity index (χ3v) is 3.92. The first-order valence-electron chi connectivity index (χ1n) is 7.83. The highest BCUT2D eigenvalue weighted by Crippen LogP contribution is 2.23. The topological polar surface area (TPSA) is 50.3 Å². The average molecular weight is 298 g/mol. The Labute approximate surface area is 131 Å². The molecule has 1 saturated heterocycles. The number of methoxy groups -OCH3 is 1. The summed E-state index contributed by atoms with van der Waals surface area (Å²) >= 11 is 0. The summed E-state index contributed by atoms with van der Waals surface area (Å²) in [5.74, 6) is 2.64. The largest absolute Gasteiger partial charge is 0.497 e. The van der Waals surface area contributed by atoms with Gasteiger partial charge in [-0.2, -0.15) is 0 Å². The highest BCUT2D eigenvalue weighted by atomic mass is 16.5. The molecular formula is C17H22N4O. The Morgan fingerprint density at radius 1 is 1.05 bits per heavy atom. The molecule has 0 spiro atoms. The second-order valence-corrected chi connectivity index (χ2v) is 5.52. The lowest BCUT2D eigenvalue weighted by atomic mass is 10.2. The van der Waals surface area contributed by atoms with Crippen molar-refractivity contribution in [3.63, 3.8) is 0 Å². The van der Waals surface area contributed by atoms with Gasteiger partial charge in [0.1, 0.15) is 23.7 Å². The maximum Gasteiger partial charge on any atom is 0.135 e. The summed E-state index contributed by atoms with van der Waals surface area (Å²) in [7, 11) is 1.67. The van der Waals surface area contributed by atoms with E-state index < -0.39 is 0 Å². The molecule has 1 fully saturated rings. The predicted molar refractivity (Wildman–Crippen MR) is 89.0 cm³/mol. The second kappa shape index (κ2) is 7.11. The number of nitrogens with zero attached hydrogens (tertiary/aromatic N) is 3. The van der Waals surface area contributed by atoms with Crippen LogP contribution < -0.4 is 15.0 Å². The van der Waals surface area contributed by atoms with Crippen LogP contribution in [0.4, 0.5) is 17.3 Å². The molecule has 3 rings (SSSR count). The van der Waals surface area contributed by atoms with Crippen molar-refractivity contribution >= 4 is 17.3 Å². The first kappa shape index (κ1) is 14.6. The van der Waals surface area contributed by atoms with Crippen LogP contribution in [0.2, 0.25) is 0 Å². The molecule has 0 amide bonds. The number of nitrogens with one attached hydrogen (secondary N) is 1.